The number of hydrogen-bond donors (Lipinski definition) is 1. The lowest BCUT2D eigenvalue weighted by molar-refractivity contribution is -0.385. The van der Waals surface area contributed by atoms with Gasteiger partial charge in [0.2, 0.25) is 5.91 Å². The van der Waals surface area contributed by atoms with Gasteiger partial charge in [0.15, 0.2) is 0 Å². The summed E-state index contributed by atoms with van der Waals surface area (Å²) in [6.07, 6.45) is 0. The maximum atomic E-state index is 10.8. The van der Waals surface area contributed by atoms with E-state index in [0.717, 1.165) is 0 Å². The van der Waals surface area contributed by atoms with Crippen LogP contribution in [-0.4, -0.2) is 10.8 Å². The summed E-state index contributed by atoms with van der Waals surface area (Å²) in [5, 5.41) is 10.6. The molecule has 0 heterocycles. The molecule has 0 spiro atoms. The molecule has 0 aliphatic carbocycles. The SMILES string of the molecule is NC(=O)c1ccc(CI)c([N+](=O)[O-])c1. The van der Waals surface area contributed by atoms with Gasteiger partial charge < -0.3 is 5.73 Å². The molecule has 0 aliphatic heterocycles. The van der Waals surface area contributed by atoms with Crippen LogP contribution in [0.5, 0.6) is 0 Å². The van der Waals surface area contributed by atoms with E-state index >= 15 is 0 Å². The van der Waals surface area contributed by atoms with Crippen LogP contribution in [-0.2, 0) is 4.43 Å². The maximum absolute atomic E-state index is 10.8. The number of rotatable bonds is 3. The third-order valence-electron chi connectivity index (χ3n) is 1.71. The van der Waals surface area contributed by atoms with E-state index in [1.165, 1.54) is 12.1 Å². The summed E-state index contributed by atoms with van der Waals surface area (Å²) in [6.45, 7) is 0. The summed E-state index contributed by atoms with van der Waals surface area (Å²) in [6, 6.07) is 4.24. The smallest absolute Gasteiger partial charge is 0.274 e. The minimum Gasteiger partial charge on any atom is -0.366 e. The monoisotopic (exact) mass is 306 g/mol. The number of amides is 1. The molecule has 1 aromatic carbocycles. The van der Waals surface area contributed by atoms with Gasteiger partial charge in [0.25, 0.3) is 5.69 Å². The van der Waals surface area contributed by atoms with Gasteiger partial charge in [-0.15, -0.1) is 0 Å². The average Bonchev–Trinajstić information content (AvgIpc) is 2.16. The van der Waals surface area contributed by atoms with E-state index in [1.54, 1.807) is 6.07 Å². The molecule has 1 amide bonds. The highest BCUT2D eigenvalue weighted by atomic mass is 127. The second kappa shape index (κ2) is 4.36. The van der Waals surface area contributed by atoms with E-state index in [0.29, 0.717) is 9.99 Å². The van der Waals surface area contributed by atoms with E-state index in [9.17, 15) is 14.9 Å². The standard InChI is InChI=1S/C8H7IN2O3/c9-4-6-2-1-5(8(10)12)3-7(6)11(13)14/h1-3H,4H2,(H2,10,12). The molecular formula is C8H7IN2O3. The summed E-state index contributed by atoms with van der Waals surface area (Å²) < 4.78 is 0.521. The van der Waals surface area contributed by atoms with Crippen molar-refractivity contribution in [3.63, 3.8) is 0 Å². The van der Waals surface area contributed by atoms with Crippen LogP contribution in [0.15, 0.2) is 18.2 Å². The molecule has 1 aromatic rings. The van der Waals surface area contributed by atoms with Gasteiger partial charge in [0, 0.05) is 21.6 Å². The van der Waals surface area contributed by atoms with Gasteiger partial charge in [-0.3, -0.25) is 14.9 Å². The summed E-state index contributed by atoms with van der Waals surface area (Å²) in [5.41, 5.74) is 5.69. The second-order valence-electron chi connectivity index (χ2n) is 2.60. The van der Waals surface area contributed by atoms with Crippen LogP contribution in [0.25, 0.3) is 0 Å². The van der Waals surface area contributed by atoms with Crippen LogP contribution in [0.4, 0.5) is 5.69 Å². The number of primary amides is 1. The summed E-state index contributed by atoms with van der Waals surface area (Å²) in [4.78, 5) is 20.9. The fourth-order valence-electron chi connectivity index (χ4n) is 1.00. The minimum atomic E-state index is -0.659. The normalized spacial score (nSPS) is 9.79. The first-order valence-corrected chi connectivity index (χ1v) is 5.22. The van der Waals surface area contributed by atoms with E-state index in [1.807, 2.05) is 22.6 Å². The molecule has 5 nitrogen and oxygen atoms in total. The van der Waals surface area contributed by atoms with Gasteiger partial charge in [-0.1, -0.05) is 28.7 Å². The van der Waals surface area contributed by atoms with Crippen molar-refractivity contribution in [3.8, 4) is 0 Å². The van der Waals surface area contributed by atoms with Gasteiger partial charge in [-0.25, -0.2) is 0 Å². The number of nitro groups is 1. The van der Waals surface area contributed by atoms with Crippen LogP contribution < -0.4 is 5.73 Å². The third kappa shape index (κ3) is 2.19. The van der Waals surface area contributed by atoms with Crippen molar-refractivity contribution in [2.75, 3.05) is 0 Å². The Labute approximate surface area is 93.6 Å². The molecule has 0 fully saturated rings. The Morgan fingerprint density at radius 3 is 2.64 bits per heavy atom. The Morgan fingerprint density at radius 1 is 1.57 bits per heavy atom. The maximum Gasteiger partial charge on any atom is 0.274 e. The number of halogens is 1. The lowest BCUT2D eigenvalue weighted by Crippen LogP contribution is -2.11. The van der Waals surface area contributed by atoms with Crippen LogP contribution in [0.3, 0.4) is 0 Å². The topological polar surface area (TPSA) is 86.2 Å². The molecule has 1 rings (SSSR count). The van der Waals surface area contributed by atoms with Crippen molar-refractivity contribution >= 4 is 34.2 Å². The molecule has 74 valence electrons. The van der Waals surface area contributed by atoms with Crippen molar-refractivity contribution in [2.24, 2.45) is 5.73 Å². The zero-order valence-electron chi connectivity index (χ0n) is 7.07. The Hall–Kier alpha value is -1.18. The molecular weight excluding hydrogens is 299 g/mol. The number of nitrogens with two attached hydrogens (primary N) is 1. The van der Waals surface area contributed by atoms with Crippen molar-refractivity contribution in [3.05, 3.63) is 39.4 Å². The number of nitro benzene ring substituents is 1. The highest BCUT2D eigenvalue weighted by Gasteiger charge is 2.14. The van der Waals surface area contributed by atoms with Crippen molar-refractivity contribution in [2.45, 2.75) is 4.43 Å². The summed E-state index contributed by atoms with van der Waals surface area (Å²) in [7, 11) is 0. The van der Waals surface area contributed by atoms with E-state index in [2.05, 4.69) is 0 Å². The second-order valence-corrected chi connectivity index (χ2v) is 3.36. The third-order valence-corrected chi connectivity index (χ3v) is 2.53. The number of alkyl halides is 1. The largest absolute Gasteiger partial charge is 0.366 e. The molecule has 0 aliphatic rings. The molecule has 2 N–H and O–H groups in total. The molecule has 0 bridgehead atoms. The fourth-order valence-corrected chi connectivity index (χ4v) is 1.65. The number of carbonyl (C=O) groups is 1. The zero-order chi connectivity index (χ0) is 10.7. The highest BCUT2D eigenvalue weighted by molar-refractivity contribution is 14.1. The first-order valence-electron chi connectivity index (χ1n) is 3.69. The molecule has 6 heteroatoms. The quantitative estimate of drug-likeness (QED) is 0.398. The Morgan fingerprint density at radius 2 is 2.21 bits per heavy atom. The number of nitrogens with zero attached hydrogens (tertiary/aromatic N) is 1. The van der Waals surface area contributed by atoms with Crippen molar-refractivity contribution < 1.29 is 9.72 Å². The van der Waals surface area contributed by atoms with Gasteiger partial charge >= 0.3 is 0 Å². The predicted molar refractivity (Wildman–Crippen MR) is 59.3 cm³/mol. The van der Waals surface area contributed by atoms with E-state index < -0.39 is 10.8 Å². The number of benzene rings is 1. The summed E-state index contributed by atoms with van der Waals surface area (Å²) in [5.74, 6) is -0.659. The Bertz CT molecular complexity index is 392. The zero-order valence-corrected chi connectivity index (χ0v) is 9.22. The van der Waals surface area contributed by atoms with E-state index in [-0.39, 0.29) is 11.3 Å². The van der Waals surface area contributed by atoms with Crippen LogP contribution in [0.1, 0.15) is 15.9 Å². The number of carbonyl (C=O) groups excluding carboxylic acids is 1. The highest BCUT2D eigenvalue weighted by Crippen LogP contribution is 2.22. The predicted octanol–water partition coefficient (Wildman–Crippen LogP) is 1.63. The molecule has 0 atom stereocenters. The Kier molecular flexibility index (Phi) is 3.39. The lowest BCUT2D eigenvalue weighted by atomic mass is 10.1. The molecule has 0 saturated heterocycles. The molecule has 0 aromatic heterocycles. The van der Waals surface area contributed by atoms with Crippen LogP contribution >= 0.6 is 22.6 Å². The van der Waals surface area contributed by atoms with Gasteiger partial charge in [-0.05, 0) is 6.07 Å². The van der Waals surface area contributed by atoms with Gasteiger partial charge in [0.05, 0.1) is 4.92 Å². The van der Waals surface area contributed by atoms with Crippen molar-refractivity contribution in [1.82, 2.24) is 0 Å². The van der Waals surface area contributed by atoms with Gasteiger partial charge in [-0.2, -0.15) is 0 Å². The lowest BCUT2D eigenvalue weighted by Gasteiger charge is -2.00. The molecule has 14 heavy (non-hydrogen) atoms. The van der Waals surface area contributed by atoms with Crippen LogP contribution in [0, 0.1) is 10.1 Å². The molecule has 0 saturated carbocycles. The van der Waals surface area contributed by atoms with Crippen molar-refractivity contribution in [1.29, 1.82) is 0 Å². The van der Waals surface area contributed by atoms with E-state index in [4.69, 9.17) is 5.73 Å². The number of hydrogen-bond acceptors (Lipinski definition) is 3. The molecule has 0 radical (unpaired) electrons. The van der Waals surface area contributed by atoms with Gasteiger partial charge in [0.1, 0.15) is 0 Å². The minimum absolute atomic E-state index is 0.0595. The average molecular weight is 306 g/mol. The Balaban J connectivity index is 3.27. The summed E-state index contributed by atoms with van der Waals surface area (Å²) >= 11 is 2.02. The first-order chi connectivity index (χ1) is 6.56. The van der Waals surface area contributed by atoms with Crippen LogP contribution in [0.2, 0.25) is 0 Å². The molecule has 0 unspecified atom stereocenters. The first kappa shape index (κ1) is 10.9. The fraction of sp³-hybridized carbons (Fsp3) is 0.125.